The molecule has 7 nitrogen and oxygen atoms in total. The average Bonchev–Trinajstić information content (AvgIpc) is 3.13. The minimum absolute atomic E-state index is 0.276. The fourth-order valence-corrected chi connectivity index (χ4v) is 4.04. The molecule has 1 saturated carbocycles. The van der Waals surface area contributed by atoms with Crippen LogP contribution in [0.4, 0.5) is 0 Å². The summed E-state index contributed by atoms with van der Waals surface area (Å²) in [6.07, 6.45) is 1.13. The average molecular weight is 383 g/mol. The summed E-state index contributed by atoms with van der Waals surface area (Å²) in [5.41, 5.74) is 4.67. The van der Waals surface area contributed by atoms with E-state index in [1.54, 1.807) is 18.4 Å². The Hall–Kier alpha value is -2.74. The molecule has 2 atom stereocenters. The van der Waals surface area contributed by atoms with E-state index in [4.69, 9.17) is 4.84 Å². The van der Waals surface area contributed by atoms with Crippen molar-refractivity contribution in [3.63, 3.8) is 0 Å². The van der Waals surface area contributed by atoms with Crippen molar-refractivity contribution in [2.75, 3.05) is 0 Å². The van der Waals surface area contributed by atoms with Crippen molar-refractivity contribution in [3.05, 3.63) is 62.2 Å². The lowest BCUT2D eigenvalue weighted by Crippen LogP contribution is -2.23. The van der Waals surface area contributed by atoms with E-state index in [1.165, 1.54) is 14.9 Å². The minimum Gasteiger partial charge on any atom is -0.391 e. The highest BCUT2D eigenvalue weighted by Crippen LogP contribution is 2.48. The monoisotopic (exact) mass is 383 g/mol. The van der Waals surface area contributed by atoms with Gasteiger partial charge in [0.25, 0.3) is 0 Å². The molecule has 0 aliphatic heterocycles. The van der Waals surface area contributed by atoms with Crippen molar-refractivity contribution in [3.8, 4) is 5.69 Å². The number of thiophene rings is 1. The Labute approximate surface area is 160 Å². The predicted octanol–water partition coefficient (Wildman–Crippen LogP) is 3.03. The van der Waals surface area contributed by atoms with E-state index in [0.29, 0.717) is 17.5 Å². The molecule has 27 heavy (non-hydrogen) atoms. The first kappa shape index (κ1) is 17.7. The topological polar surface area (TPSA) is 74.3 Å². The highest BCUT2D eigenvalue weighted by Gasteiger charge is 2.41. The number of oxime groups is 1. The van der Waals surface area contributed by atoms with Gasteiger partial charge < -0.3 is 4.84 Å². The Morgan fingerprint density at radius 1 is 1.37 bits per heavy atom. The molecule has 1 aromatic carbocycles. The number of rotatable bonds is 6. The van der Waals surface area contributed by atoms with E-state index < -0.39 is 0 Å². The molecule has 2 unspecified atom stereocenters. The minimum atomic E-state index is -0.293. The van der Waals surface area contributed by atoms with Gasteiger partial charge in [-0.1, -0.05) is 17.3 Å². The Morgan fingerprint density at radius 3 is 2.93 bits per heavy atom. The number of nitrogens with zero attached hydrogens (tertiary/aromatic N) is 5. The molecule has 1 fully saturated rings. The Bertz CT molecular complexity index is 1030. The van der Waals surface area contributed by atoms with Crippen molar-refractivity contribution in [1.29, 1.82) is 0 Å². The third-order valence-corrected chi connectivity index (χ3v) is 5.75. The molecule has 4 rings (SSSR count). The number of hydrogen-bond donors (Lipinski definition) is 0. The second-order valence-corrected chi connectivity index (χ2v) is 7.66. The van der Waals surface area contributed by atoms with Gasteiger partial charge in [0.05, 0.1) is 11.4 Å². The van der Waals surface area contributed by atoms with Crippen LogP contribution in [0.1, 0.15) is 36.0 Å². The first-order chi connectivity index (χ1) is 13.1. The summed E-state index contributed by atoms with van der Waals surface area (Å²) in [6.45, 7) is 4.27. The summed E-state index contributed by atoms with van der Waals surface area (Å²) < 4.78 is 2.49. The van der Waals surface area contributed by atoms with Crippen LogP contribution in [-0.2, 0) is 18.5 Å². The third-order valence-electron chi connectivity index (χ3n) is 5.05. The molecule has 1 aliphatic carbocycles. The second-order valence-electron chi connectivity index (χ2n) is 6.88. The number of aromatic nitrogens is 4. The summed E-state index contributed by atoms with van der Waals surface area (Å²) in [4.78, 5) is 17.9. The standard InChI is InChI=1S/C19H21N5O2S/c1-12-5-4-6-18(24-19(25)23(3)21-22-24)17(12)10-26-20-13(2)15-9-16(15)14-7-8-27-11-14/h4-8,11,15-16H,9-10H2,1-3H3/b20-13-. The Kier molecular flexibility index (Phi) is 4.65. The maximum atomic E-state index is 12.2. The molecule has 2 aromatic heterocycles. The van der Waals surface area contributed by atoms with Gasteiger partial charge in [0.2, 0.25) is 0 Å². The molecule has 140 valence electrons. The van der Waals surface area contributed by atoms with Gasteiger partial charge in [-0.3, -0.25) is 0 Å². The largest absolute Gasteiger partial charge is 0.391 e. The van der Waals surface area contributed by atoms with Crippen LogP contribution in [0.5, 0.6) is 0 Å². The van der Waals surface area contributed by atoms with Crippen LogP contribution in [0.25, 0.3) is 5.69 Å². The van der Waals surface area contributed by atoms with Crippen LogP contribution in [0.3, 0.4) is 0 Å². The van der Waals surface area contributed by atoms with Gasteiger partial charge in [-0.05, 0) is 70.6 Å². The molecule has 0 N–H and O–H groups in total. The van der Waals surface area contributed by atoms with Gasteiger partial charge in [0, 0.05) is 18.5 Å². The maximum Gasteiger partial charge on any atom is 0.368 e. The molecule has 3 aromatic rings. The van der Waals surface area contributed by atoms with E-state index in [1.807, 2.05) is 32.0 Å². The first-order valence-electron chi connectivity index (χ1n) is 8.82. The predicted molar refractivity (Wildman–Crippen MR) is 104 cm³/mol. The number of hydrogen-bond acceptors (Lipinski definition) is 6. The van der Waals surface area contributed by atoms with Crippen LogP contribution in [0, 0.1) is 12.8 Å². The van der Waals surface area contributed by atoms with Crippen LogP contribution in [0.2, 0.25) is 0 Å². The fraction of sp³-hybridized carbons (Fsp3) is 0.368. The quantitative estimate of drug-likeness (QED) is 0.484. The van der Waals surface area contributed by atoms with Crippen molar-refractivity contribution in [1.82, 2.24) is 19.8 Å². The molecule has 0 amide bonds. The first-order valence-corrected chi connectivity index (χ1v) is 9.77. The Balaban J connectivity index is 1.49. The van der Waals surface area contributed by atoms with Crippen LogP contribution in [0.15, 0.2) is 45.0 Å². The smallest absolute Gasteiger partial charge is 0.368 e. The number of benzene rings is 1. The summed E-state index contributed by atoms with van der Waals surface area (Å²) in [5.74, 6) is 1.02. The lowest BCUT2D eigenvalue weighted by Gasteiger charge is -2.10. The van der Waals surface area contributed by atoms with Crippen molar-refractivity contribution < 1.29 is 4.84 Å². The second kappa shape index (κ2) is 7.11. The number of tetrazole rings is 1. The van der Waals surface area contributed by atoms with Crippen molar-refractivity contribution >= 4 is 17.0 Å². The fourth-order valence-electron chi connectivity index (χ4n) is 3.32. The van der Waals surface area contributed by atoms with Gasteiger partial charge >= 0.3 is 5.69 Å². The summed E-state index contributed by atoms with van der Waals surface area (Å²) in [7, 11) is 1.57. The third kappa shape index (κ3) is 3.44. The molecule has 2 heterocycles. The van der Waals surface area contributed by atoms with Gasteiger partial charge in [0.15, 0.2) is 0 Å². The highest BCUT2D eigenvalue weighted by atomic mass is 32.1. The van der Waals surface area contributed by atoms with Crippen molar-refractivity contribution in [2.24, 2.45) is 18.1 Å². The van der Waals surface area contributed by atoms with E-state index >= 15 is 0 Å². The SMILES string of the molecule is C/C(=N/OCc1c(C)cccc1-n1nnn(C)c1=O)C1CC1c1ccsc1. The van der Waals surface area contributed by atoms with Crippen LogP contribution < -0.4 is 5.69 Å². The zero-order valence-corrected chi connectivity index (χ0v) is 16.3. The van der Waals surface area contributed by atoms with E-state index in [2.05, 4.69) is 32.4 Å². The molecule has 0 saturated heterocycles. The normalized spacial score (nSPS) is 19.3. The van der Waals surface area contributed by atoms with Crippen LogP contribution >= 0.6 is 11.3 Å². The number of aryl methyl sites for hydroxylation is 2. The Morgan fingerprint density at radius 2 is 2.22 bits per heavy atom. The molecular formula is C19H21N5O2S. The van der Waals surface area contributed by atoms with Gasteiger partial charge in [0.1, 0.15) is 6.61 Å². The van der Waals surface area contributed by atoms with Gasteiger partial charge in [-0.25, -0.2) is 4.79 Å². The molecule has 1 aliphatic rings. The molecular weight excluding hydrogens is 362 g/mol. The lowest BCUT2D eigenvalue weighted by molar-refractivity contribution is 0.129. The van der Waals surface area contributed by atoms with Crippen molar-refractivity contribution in [2.45, 2.75) is 32.8 Å². The molecule has 0 spiro atoms. The summed E-state index contributed by atoms with van der Waals surface area (Å²) in [5, 5.41) is 16.4. The maximum absolute atomic E-state index is 12.2. The van der Waals surface area contributed by atoms with Crippen LogP contribution in [-0.4, -0.2) is 25.5 Å². The van der Waals surface area contributed by atoms with Gasteiger partial charge in [-0.15, -0.1) is 0 Å². The van der Waals surface area contributed by atoms with E-state index in [-0.39, 0.29) is 12.3 Å². The molecule has 0 radical (unpaired) electrons. The lowest BCUT2D eigenvalue weighted by atomic mass is 10.1. The van der Waals surface area contributed by atoms with Gasteiger partial charge in [-0.2, -0.15) is 20.7 Å². The van der Waals surface area contributed by atoms with E-state index in [0.717, 1.165) is 23.3 Å². The zero-order valence-electron chi connectivity index (χ0n) is 15.5. The molecule has 8 heteroatoms. The summed E-state index contributed by atoms with van der Waals surface area (Å²) in [6, 6.07) is 7.89. The molecule has 0 bridgehead atoms. The summed E-state index contributed by atoms with van der Waals surface area (Å²) >= 11 is 1.73. The highest BCUT2D eigenvalue weighted by molar-refractivity contribution is 7.08. The van der Waals surface area contributed by atoms with E-state index in [9.17, 15) is 4.79 Å². The zero-order chi connectivity index (χ0) is 19.0.